The zero-order chi connectivity index (χ0) is 20.4. The fourth-order valence-electron chi connectivity index (χ4n) is 3.15. The minimum Gasteiger partial charge on any atom is -0.425 e. The van der Waals surface area contributed by atoms with Crippen molar-refractivity contribution in [1.82, 2.24) is 4.90 Å². The van der Waals surface area contributed by atoms with E-state index in [0.29, 0.717) is 30.0 Å². The second-order valence-electron chi connectivity index (χ2n) is 6.41. The number of nitrogens with zero attached hydrogens (tertiary/aromatic N) is 2. The van der Waals surface area contributed by atoms with Crippen molar-refractivity contribution in [1.29, 1.82) is 0 Å². The molecule has 1 unspecified atom stereocenters. The molecule has 0 radical (unpaired) electrons. The molecule has 1 atom stereocenters. The number of nitro benzene ring substituents is 1. The van der Waals surface area contributed by atoms with Crippen LogP contribution in [-0.4, -0.2) is 34.3 Å². The number of carbonyl (C=O) groups excluding carboxylic acids is 2. The summed E-state index contributed by atoms with van der Waals surface area (Å²) in [5.74, 6) is -0.808. The van der Waals surface area contributed by atoms with Crippen LogP contribution in [0.15, 0.2) is 36.4 Å². The third-order valence-electron chi connectivity index (χ3n) is 4.53. The molecule has 9 heteroatoms. The molecule has 0 aliphatic carbocycles. The Balaban J connectivity index is 1.78. The molecular weight excluding hydrogens is 407 g/mol. The van der Waals surface area contributed by atoms with Gasteiger partial charge in [0.2, 0.25) is 0 Å². The second-order valence-corrected chi connectivity index (χ2v) is 7.25. The molecule has 7 nitrogen and oxygen atoms in total. The summed E-state index contributed by atoms with van der Waals surface area (Å²) in [6.07, 6.45) is 1.09. The number of likely N-dealkylation sites (tertiary alicyclic amines) is 1. The van der Waals surface area contributed by atoms with Crippen molar-refractivity contribution in [2.45, 2.75) is 25.8 Å². The topological polar surface area (TPSA) is 89.8 Å². The predicted octanol–water partition coefficient (Wildman–Crippen LogP) is 4.42. The first kappa shape index (κ1) is 20.1. The molecule has 1 aliphatic heterocycles. The third kappa shape index (κ3) is 4.10. The van der Waals surface area contributed by atoms with Crippen LogP contribution >= 0.6 is 23.2 Å². The van der Waals surface area contributed by atoms with Crippen molar-refractivity contribution in [2.75, 3.05) is 6.54 Å². The van der Waals surface area contributed by atoms with E-state index in [9.17, 15) is 19.7 Å². The number of rotatable bonds is 4. The van der Waals surface area contributed by atoms with Crippen LogP contribution in [0.4, 0.5) is 5.69 Å². The number of halogens is 2. The number of amides is 1. The van der Waals surface area contributed by atoms with Crippen molar-refractivity contribution in [3.05, 3.63) is 67.7 Å². The van der Waals surface area contributed by atoms with E-state index in [2.05, 4.69) is 0 Å². The first-order valence-corrected chi connectivity index (χ1v) is 9.26. The fraction of sp³-hybridized carbons (Fsp3) is 0.263. The van der Waals surface area contributed by atoms with Gasteiger partial charge < -0.3 is 9.64 Å². The van der Waals surface area contributed by atoms with Gasteiger partial charge in [-0.25, -0.2) is 4.79 Å². The normalized spacial score (nSPS) is 16.1. The van der Waals surface area contributed by atoms with Crippen molar-refractivity contribution < 1.29 is 19.2 Å². The number of hydrogen-bond donors (Lipinski definition) is 0. The third-order valence-corrected chi connectivity index (χ3v) is 5.09. The molecule has 0 aromatic heterocycles. The largest absolute Gasteiger partial charge is 0.425 e. The SMILES string of the molecule is Cc1cc(OC(=O)C2CCCN2C(=O)c2cc(Cl)ccc2Cl)ccc1[N+](=O)[O-]. The van der Waals surface area contributed by atoms with Gasteiger partial charge in [0.15, 0.2) is 0 Å². The lowest BCUT2D eigenvalue weighted by Crippen LogP contribution is -2.42. The first-order chi connectivity index (χ1) is 13.3. The van der Waals surface area contributed by atoms with Crippen molar-refractivity contribution in [3.63, 3.8) is 0 Å². The molecule has 2 aromatic rings. The Kier molecular flexibility index (Phi) is 5.86. The van der Waals surface area contributed by atoms with E-state index in [1.165, 1.54) is 35.2 Å². The van der Waals surface area contributed by atoms with E-state index in [-0.39, 0.29) is 22.0 Å². The molecule has 1 heterocycles. The number of ether oxygens (including phenoxy) is 1. The summed E-state index contributed by atoms with van der Waals surface area (Å²) in [6.45, 7) is 1.95. The highest BCUT2D eigenvalue weighted by atomic mass is 35.5. The molecule has 0 saturated carbocycles. The molecule has 146 valence electrons. The molecule has 0 N–H and O–H groups in total. The summed E-state index contributed by atoms with van der Waals surface area (Å²) < 4.78 is 5.37. The van der Waals surface area contributed by atoms with Gasteiger partial charge in [-0.15, -0.1) is 0 Å². The Morgan fingerprint density at radius 2 is 1.96 bits per heavy atom. The maximum atomic E-state index is 12.9. The van der Waals surface area contributed by atoms with Crippen molar-refractivity contribution in [3.8, 4) is 5.75 Å². The lowest BCUT2D eigenvalue weighted by Gasteiger charge is -2.23. The minimum absolute atomic E-state index is 0.0620. The van der Waals surface area contributed by atoms with Crippen LogP contribution in [0, 0.1) is 17.0 Å². The van der Waals surface area contributed by atoms with E-state index in [1.807, 2.05) is 0 Å². The number of aryl methyl sites for hydroxylation is 1. The van der Waals surface area contributed by atoms with Gasteiger partial charge >= 0.3 is 5.97 Å². The summed E-state index contributed by atoms with van der Waals surface area (Å²) in [7, 11) is 0. The van der Waals surface area contributed by atoms with Crippen LogP contribution in [0.1, 0.15) is 28.8 Å². The Bertz CT molecular complexity index is 963. The van der Waals surface area contributed by atoms with Gasteiger partial charge in [0.1, 0.15) is 11.8 Å². The van der Waals surface area contributed by atoms with Gasteiger partial charge in [0.05, 0.1) is 15.5 Å². The molecule has 0 spiro atoms. The Morgan fingerprint density at radius 3 is 2.64 bits per heavy atom. The molecule has 1 aliphatic rings. The molecule has 3 rings (SSSR count). The van der Waals surface area contributed by atoms with Crippen LogP contribution < -0.4 is 4.74 Å². The molecule has 2 aromatic carbocycles. The van der Waals surface area contributed by atoms with E-state index < -0.39 is 22.8 Å². The predicted molar refractivity (Wildman–Crippen MR) is 104 cm³/mol. The zero-order valence-corrected chi connectivity index (χ0v) is 16.4. The van der Waals surface area contributed by atoms with Gasteiger partial charge in [0, 0.05) is 23.2 Å². The number of benzene rings is 2. The van der Waals surface area contributed by atoms with E-state index in [4.69, 9.17) is 27.9 Å². The second kappa shape index (κ2) is 8.16. The lowest BCUT2D eigenvalue weighted by molar-refractivity contribution is -0.385. The maximum absolute atomic E-state index is 12.9. The molecule has 1 fully saturated rings. The van der Waals surface area contributed by atoms with Crippen LogP contribution in [0.2, 0.25) is 10.0 Å². The van der Waals surface area contributed by atoms with E-state index >= 15 is 0 Å². The monoisotopic (exact) mass is 422 g/mol. The summed E-state index contributed by atoms with van der Waals surface area (Å²) in [6, 6.07) is 7.86. The van der Waals surface area contributed by atoms with Gasteiger partial charge in [0.25, 0.3) is 11.6 Å². The highest BCUT2D eigenvalue weighted by Crippen LogP contribution is 2.28. The molecule has 1 amide bonds. The highest BCUT2D eigenvalue weighted by Gasteiger charge is 2.36. The van der Waals surface area contributed by atoms with Crippen LogP contribution in [0.3, 0.4) is 0 Å². The number of hydrogen-bond acceptors (Lipinski definition) is 5. The summed E-state index contributed by atoms with van der Waals surface area (Å²) in [4.78, 5) is 37.3. The Morgan fingerprint density at radius 1 is 1.21 bits per heavy atom. The maximum Gasteiger partial charge on any atom is 0.334 e. The molecule has 1 saturated heterocycles. The van der Waals surface area contributed by atoms with Gasteiger partial charge in [-0.05, 0) is 50.1 Å². The number of nitro groups is 1. The Hall–Kier alpha value is -2.64. The summed E-state index contributed by atoms with van der Waals surface area (Å²) in [5, 5.41) is 11.5. The molecular formula is C19H16Cl2N2O5. The van der Waals surface area contributed by atoms with E-state index in [0.717, 1.165) is 0 Å². The lowest BCUT2D eigenvalue weighted by atomic mass is 10.1. The van der Waals surface area contributed by atoms with Crippen LogP contribution in [-0.2, 0) is 4.79 Å². The number of carbonyl (C=O) groups is 2. The van der Waals surface area contributed by atoms with Gasteiger partial charge in [-0.1, -0.05) is 23.2 Å². The van der Waals surface area contributed by atoms with Crippen LogP contribution in [0.5, 0.6) is 5.75 Å². The molecule has 28 heavy (non-hydrogen) atoms. The van der Waals surface area contributed by atoms with Crippen molar-refractivity contribution in [2.24, 2.45) is 0 Å². The highest BCUT2D eigenvalue weighted by molar-refractivity contribution is 6.35. The average Bonchev–Trinajstić information content (AvgIpc) is 3.13. The van der Waals surface area contributed by atoms with Crippen LogP contribution in [0.25, 0.3) is 0 Å². The average molecular weight is 423 g/mol. The molecule has 0 bridgehead atoms. The summed E-state index contributed by atoms with van der Waals surface area (Å²) in [5.41, 5.74) is 0.536. The number of esters is 1. The zero-order valence-electron chi connectivity index (χ0n) is 14.9. The van der Waals surface area contributed by atoms with Gasteiger partial charge in [-0.2, -0.15) is 0 Å². The smallest absolute Gasteiger partial charge is 0.334 e. The van der Waals surface area contributed by atoms with Crippen molar-refractivity contribution >= 4 is 40.8 Å². The van der Waals surface area contributed by atoms with E-state index in [1.54, 1.807) is 13.0 Å². The van der Waals surface area contributed by atoms with Gasteiger partial charge in [-0.3, -0.25) is 14.9 Å². The minimum atomic E-state index is -0.766. The Labute approximate surface area is 170 Å². The first-order valence-electron chi connectivity index (χ1n) is 8.50. The quantitative estimate of drug-likeness (QED) is 0.314. The standard InChI is InChI=1S/C19H16Cl2N2O5/c1-11-9-13(5-7-16(11)23(26)27)28-19(25)17-3-2-8-22(17)18(24)14-10-12(20)4-6-15(14)21/h4-7,9-10,17H,2-3,8H2,1H3. The summed E-state index contributed by atoms with van der Waals surface area (Å²) >= 11 is 12.1. The fourth-order valence-corrected chi connectivity index (χ4v) is 3.52.